The number of carbonyl (C=O) groups is 1. The summed E-state index contributed by atoms with van der Waals surface area (Å²) in [5.74, 6) is 2.18. The van der Waals surface area contributed by atoms with Gasteiger partial charge in [0, 0.05) is 26.1 Å². The van der Waals surface area contributed by atoms with Crippen LogP contribution in [0.1, 0.15) is 44.2 Å². The number of nitrogens with zero attached hydrogens (tertiary/aromatic N) is 6. The van der Waals surface area contributed by atoms with Crippen molar-refractivity contribution in [2.75, 3.05) is 29.4 Å². The quantitative estimate of drug-likeness (QED) is 0.380. The summed E-state index contributed by atoms with van der Waals surface area (Å²) in [6, 6.07) is 16.9. The van der Waals surface area contributed by atoms with E-state index >= 15 is 0 Å². The molecule has 5 heterocycles. The van der Waals surface area contributed by atoms with Gasteiger partial charge in [0.05, 0.1) is 17.9 Å². The van der Waals surface area contributed by atoms with E-state index in [0.29, 0.717) is 12.3 Å². The fraction of sp³-hybridized carbons (Fsp3) is 0.357. The van der Waals surface area contributed by atoms with Crippen LogP contribution in [0, 0.1) is 11.7 Å². The predicted octanol–water partition coefficient (Wildman–Crippen LogP) is 5.08. The van der Waals surface area contributed by atoms with E-state index in [1.165, 1.54) is 6.07 Å². The number of benzene rings is 1. The van der Waals surface area contributed by atoms with E-state index in [1.54, 1.807) is 19.1 Å². The number of fused-ring (bicyclic) bond motifs is 1. The van der Waals surface area contributed by atoms with E-state index in [2.05, 4.69) is 14.8 Å². The Labute approximate surface area is 209 Å². The second-order valence-electron chi connectivity index (χ2n) is 9.90. The summed E-state index contributed by atoms with van der Waals surface area (Å²) in [7, 11) is 0. The van der Waals surface area contributed by atoms with Crippen LogP contribution in [0.25, 0.3) is 17.0 Å². The normalized spacial score (nSPS) is 19.9. The summed E-state index contributed by atoms with van der Waals surface area (Å²) in [5.41, 5.74) is 3.37. The average molecular weight is 485 g/mol. The molecule has 3 aromatic heterocycles. The summed E-state index contributed by atoms with van der Waals surface area (Å²) < 4.78 is 15.8. The lowest BCUT2D eigenvalue weighted by Gasteiger charge is -2.26. The average Bonchev–Trinajstić information content (AvgIpc) is 3.63. The van der Waals surface area contributed by atoms with Gasteiger partial charge in [0.1, 0.15) is 28.9 Å². The van der Waals surface area contributed by atoms with Gasteiger partial charge in [0.2, 0.25) is 0 Å². The highest BCUT2D eigenvalue weighted by Crippen LogP contribution is 2.36. The lowest BCUT2D eigenvalue weighted by molar-refractivity contribution is -0.117. The Balaban J connectivity index is 1.30. The number of carbonyl (C=O) groups excluding carboxylic acids is 1. The lowest BCUT2D eigenvalue weighted by atomic mass is 10.0. The Morgan fingerprint density at radius 3 is 2.81 bits per heavy atom. The third-order valence-electron chi connectivity index (χ3n) is 7.31. The van der Waals surface area contributed by atoms with E-state index in [0.717, 1.165) is 73.1 Å². The van der Waals surface area contributed by atoms with Crippen molar-refractivity contribution in [1.82, 2.24) is 19.6 Å². The summed E-state index contributed by atoms with van der Waals surface area (Å²) in [6.07, 6.45) is 5.44. The minimum atomic E-state index is -0.212. The van der Waals surface area contributed by atoms with Crippen molar-refractivity contribution >= 4 is 23.1 Å². The van der Waals surface area contributed by atoms with Crippen molar-refractivity contribution in [1.29, 1.82) is 0 Å². The number of anilines is 2. The van der Waals surface area contributed by atoms with Gasteiger partial charge >= 0.3 is 0 Å². The zero-order valence-electron chi connectivity index (χ0n) is 20.3. The van der Waals surface area contributed by atoms with Gasteiger partial charge in [-0.05, 0) is 74.1 Å². The van der Waals surface area contributed by atoms with Gasteiger partial charge in [-0.3, -0.25) is 0 Å². The molecular formula is C28H29FN6O. The number of halogens is 1. The summed E-state index contributed by atoms with van der Waals surface area (Å²) in [5, 5.41) is 4.96. The molecule has 2 fully saturated rings. The van der Waals surface area contributed by atoms with Crippen molar-refractivity contribution in [3.05, 3.63) is 72.2 Å². The minimum Gasteiger partial charge on any atom is -0.356 e. The molecule has 2 atom stereocenters. The Morgan fingerprint density at radius 1 is 1.06 bits per heavy atom. The van der Waals surface area contributed by atoms with Gasteiger partial charge in [-0.25, -0.2) is 18.9 Å². The summed E-state index contributed by atoms with van der Waals surface area (Å²) in [6.45, 7) is 4.28. The Kier molecular flexibility index (Phi) is 5.87. The maximum Gasteiger partial charge on any atom is 0.154 e. The molecule has 8 heteroatoms. The molecule has 2 saturated heterocycles. The molecule has 184 valence electrons. The van der Waals surface area contributed by atoms with Crippen LogP contribution in [0.2, 0.25) is 0 Å². The Hall–Kier alpha value is -3.81. The van der Waals surface area contributed by atoms with Gasteiger partial charge in [-0.2, -0.15) is 0 Å². The molecule has 7 nitrogen and oxygen atoms in total. The first-order valence-corrected chi connectivity index (χ1v) is 12.6. The minimum absolute atomic E-state index is 0.0946. The van der Waals surface area contributed by atoms with Crippen LogP contribution in [0.3, 0.4) is 0 Å². The van der Waals surface area contributed by atoms with Crippen LogP contribution in [0.4, 0.5) is 16.0 Å². The Morgan fingerprint density at radius 2 is 1.94 bits per heavy atom. The van der Waals surface area contributed by atoms with E-state index in [-0.39, 0.29) is 17.6 Å². The molecule has 6 rings (SSSR count). The first-order chi connectivity index (χ1) is 17.5. The second-order valence-corrected chi connectivity index (χ2v) is 9.90. The monoisotopic (exact) mass is 484 g/mol. The first kappa shape index (κ1) is 22.6. The molecule has 0 bridgehead atoms. The number of Topliss-reactive ketones (excluding diaryl/α,β-unsaturated/α-hetero) is 1. The van der Waals surface area contributed by atoms with Gasteiger partial charge in [0.25, 0.3) is 0 Å². The molecule has 0 saturated carbocycles. The zero-order valence-corrected chi connectivity index (χ0v) is 20.3. The van der Waals surface area contributed by atoms with Crippen molar-refractivity contribution in [3.8, 4) is 11.4 Å². The molecule has 1 unspecified atom stereocenters. The number of hydrogen-bond acceptors (Lipinski definition) is 6. The maximum absolute atomic E-state index is 13.9. The SMILES string of the molecule is CC(=O)C[C@@H]1CCN(c2cccc(-c3cnc4ccc(N5CCCC5c5cccc(F)c5)nn34)n2)C1. The Bertz CT molecular complexity index is 1420. The molecule has 0 radical (unpaired) electrons. The van der Waals surface area contributed by atoms with Crippen molar-refractivity contribution < 1.29 is 9.18 Å². The number of hydrogen-bond donors (Lipinski definition) is 0. The van der Waals surface area contributed by atoms with Crippen LogP contribution in [-0.2, 0) is 4.79 Å². The molecule has 0 N–H and O–H groups in total. The van der Waals surface area contributed by atoms with E-state index < -0.39 is 0 Å². The van der Waals surface area contributed by atoms with Crippen LogP contribution in [-0.4, -0.2) is 45.0 Å². The fourth-order valence-electron chi connectivity index (χ4n) is 5.65. The number of aromatic nitrogens is 4. The third kappa shape index (κ3) is 4.32. The number of pyridine rings is 1. The highest BCUT2D eigenvalue weighted by Gasteiger charge is 2.28. The molecule has 2 aliphatic rings. The summed E-state index contributed by atoms with van der Waals surface area (Å²) >= 11 is 0. The highest BCUT2D eigenvalue weighted by atomic mass is 19.1. The van der Waals surface area contributed by atoms with Crippen molar-refractivity contribution in [3.63, 3.8) is 0 Å². The smallest absolute Gasteiger partial charge is 0.154 e. The van der Waals surface area contributed by atoms with Gasteiger partial charge in [0.15, 0.2) is 5.65 Å². The molecule has 0 spiro atoms. The molecule has 1 aromatic carbocycles. The number of rotatable bonds is 6. The van der Waals surface area contributed by atoms with Crippen LogP contribution in [0.5, 0.6) is 0 Å². The standard InChI is InChI=1S/C28H29FN6O/c1-19(36)15-20-12-14-33(18-20)27-9-3-7-23(31-27)25-17-30-26-10-11-28(32-35(25)26)34-13-4-8-24(34)21-5-2-6-22(29)16-21/h2-3,5-7,9-11,16-17,20,24H,4,8,12-15,18H2,1H3/t20-,24?/m0/s1. The summed E-state index contributed by atoms with van der Waals surface area (Å²) in [4.78, 5) is 25.6. The largest absolute Gasteiger partial charge is 0.356 e. The van der Waals surface area contributed by atoms with Crippen molar-refractivity contribution in [2.24, 2.45) is 5.92 Å². The molecule has 2 aliphatic heterocycles. The number of ketones is 1. The van der Waals surface area contributed by atoms with Crippen molar-refractivity contribution in [2.45, 2.75) is 38.6 Å². The maximum atomic E-state index is 13.9. The van der Waals surface area contributed by atoms with Crippen LogP contribution in [0.15, 0.2) is 60.8 Å². The topological polar surface area (TPSA) is 66.6 Å². The van der Waals surface area contributed by atoms with Gasteiger partial charge in [-0.15, -0.1) is 5.10 Å². The first-order valence-electron chi connectivity index (χ1n) is 12.6. The molecule has 4 aromatic rings. The molecule has 36 heavy (non-hydrogen) atoms. The van der Waals surface area contributed by atoms with Gasteiger partial charge < -0.3 is 14.6 Å². The van der Waals surface area contributed by atoms with Crippen LogP contribution < -0.4 is 9.80 Å². The second kappa shape index (κ2) is 9.33. The van der Waals surface area contributed by atoms with Gasteiger partial charge in [-0.1, -0.05) is 18.2 Å². The molecule has 0 amide bonds. The van der Waals surface area contributed by atoms with E-state index in [1.807, 2.05) is 47.1 Å². The predicted molar refractivity (Wildman–Crippen MR) is 138 cm³/mol. The fourth-order valence-corrected chi connectivity index (χ4v) is 5.65. The van der Waals surface area contributed by atoms with E-state index in [9.17, 15) is 9.18 Å². The third-order valence-corrected chi connectivity index (χ3v) is 7.31. The van der Waals surface area contributed by atoms with E-state index in [4.69, 9.17) is 10.1 Å². The molecular weight excluding hydrogens is 455 g/mol. The lowest BCUT2D eigenvalue weighted by Crippen LogP contribution is -2.24. The zero-order chi connectivity index (χ0) is 24.6. The highest BCUT2D eigenvalue weighted by molar-refractivity contribution is 5.76. The molecule has 0 aliphatic carbocycles. The number of imidazole rings is 1. The van der Waals surface area contributed by atoms with Crippen LogP contribution >= 0.6 is 0 Å².